The molecule has 3 rings (SSSR count). The first-order valence-corrected chi connectivity index (χ1v) is 6.35. The van der Waals surface area contributed by atoms with Crippen LogP contribution in [0.4, 0.5) is 8.78 Å². The summed E-state index contributed by atoms with van der Waals surface area (Å²) in [4.78, 5) is 14.3. The van der Waals surface area contributed by atoms with Crippen LogP contribution >= 0.6 is 11.6 Å². The Morgan fingerprint density at radius 2 is 2.21 bits per heavy atom. The molecule has 1 aromatic heterocycles. The highest BCUT2D eigenvalue weighted by Crippen LogP contribution is 2.39. The van der Waals surface area contributed by atoms with Gasteiger partial charge in [0, 0.05) is 11.1 Å². The smallest absolute Gasteiger partial charge is 0.226 e. The molecule has 2 aromatic rings. The Kier molecular flexibility index (Phi) is 2.74. The Morgan fingerprint density at radius 1 is 1.47 bits per heavy atom. The zero-order valence-electron chi connectivity index (χ0n) is 9.90. The second-order valence-corrected chi connectivity index (χ2v) is 5.15. The van der Waals surface area contributed by atoms with Gasteiger partial charge in [-0.05, 0) is 30.9 Å². The predicted molar refractivity (Wildman–Crippen MR) is 68.1 cm³/mol. The fraction of sp³-hybridized carbons (Fsp3) is 0.308. The molecule has 1 heterocycles. The molecule has 0 aliphatic heterocycles. The number of halogens is 3. The van der Waals surface area contributed by atoms with Gasteiger partial charge in [0.2, 0.25) is 5.91 Å². The van der Waals surface area contributed by atoms with Crippen molar-refractivity contribution >= 4 is 28.4 Å². The van der Waals surface area contributed by atoms with Gasteiger partial charge in [0.15, 0.2) is 5.82 Å². The van der Waals surface area contributed by atoms with Gasteiger partial charge < -0.3 is 10.7 Å². The van der Waals surface area contributed by atoms with Crippen LogP contribution in [0.1, 0.15) is 30.0 Å². The number of nitrogens with one attached hydrogen (secondary N) is 1. The molecule has 6 heteroatoms. The van der Waals surface area contributed by atoms with E-state index in [4.69, 9.17) is 17.3 Å². The Bertz CT molecular complexity index is 696. The van der Waals surface area contributed by atoms with Crippen molar-refractivity contribution < 1.29 is 13.6 Å². The lowest BCUT2D eigenvalue weighted by atomic mass is 9.86. The van der Waals surface area contributed by atoms with Crippen LogP contribution in [-0.2, 0) is 11.2 Å². The number of H-pyrrole nitrogens is 1. The van der Waals surface area contributed by atoms with Gasteiger partial charge in [-0.1, -0.05) is 11.6 Å². The summed E-state index contributed by atoms with van der Waals surface area (Å²) in [5, 5.41) is -0.247. The second-order valence-electron chi connectivity index (χ2n) is 4.77. The van der Waals surface area contributed by atoms with Crippen molar-refractivity contribution in [2.75, 3.05) is 0 Å². The van der Waals surface area contributed by atoms with E-state index in [1.54, 1.807) is 0 Å². The van der Waals surface area contributed by atoms with Crippen molar-refractivity contribution in [1.82, 2.24) is 4.98 Å². The van der Waals surface area contributed by atoms with E-state index in [9.17, 15) is 13.6 Å². The van der Waals surface area contributed by atoms with Crippen LogP contribution in [0.15, 0.2) is 6.07 Å². The lowest BCUT2D eigenvalue weighted by molar-refractivity contribution is -0.119. The summed E-state index contributed by atoms with van der Waals surface area (Å²) in [5.41, 5.74) is 6.94. The van der Waals surface area contributed by atoms with Crippen LogP contribution in [0, 0.1) is 11.6 Å². The van der Waals surface area contributed by atoms with E-state index in [1.807, 2.05) is 0 Å². The van der Waals surface area contributed by atoms with E-state index < -0.39 is 28.5 Å². The van der Waals surface area contributed by atoms with Gasteiger partial charge in [0.25, 0.3) is 0 Å². The SMILES string of the molecule is NC(=O)C1CCCc2c1[nH]c1cc(F)c(Cl)c(F)c21. The van der Waals surface area contributed by atoms with Crippen molar-refractivity contribution in [1.29, 1.82) is 0 Å². The standard InChI is InChI=1S/C13H11ClF2N2O/c14-10-7(15)4-8-9(11(10)16)5-2-1-3-6(13(17)19)12(5)18-8/h4,6,18H,1-3H2,(H2,17,19). The Morgan fingerprint density at radius 3 is 2.89 bits per heavy atom. The summed E-state index contributed by atoms with van der Waals surface area (Å²) in [7, 11) is 0. The molecule has 1 unspecified atom stereocenters. The van der Waals surface area contributed by atoms with Crippen molar-refractivity contribution in [2.45, 2.75) is 25.2 Å². The minimum Gasteiger partial charge on any atom is -0.369 e. The molecule has 100 valence electrons. The molecule has 3 nitrogen and oxygen atoms in total. The van der Waals surface area contributed by atoms with E-state index in [1.165, 1.54) is 0 Å². The highest BCUT2D eigenvalue weighted by molar-refractivity contribution is 6.31. The van der Waals surface area contributed by atoms with Crippen molar-refractivity contribution in [3.63, 3.8) is 0 Å². The molecule has 1 amide bonds. The largest absolute Gasteiger partial charge is 0.369 e. The Labute approximate surface area is 112 Å². The quantitative estimate of drug-likeness (QED) is 0.777. The van der Waals surface area contributed by atoms with Crippen molar-refractivity contribution in [2.24, 2.45) is 5.73 Å². The number of amides is 1. The first-order chi connectivity index (χ1) is 9.00. The lowest BCUT2D eigenvalue weighted by Crippen LogP contribution is -2.25. The number of aromatic nitrogens is 1. The molecule has 1 aliphatic rings. The highest BCUT2D eigenvalue weighted by Gasteiger charge is 2.30. The third-order valence-electron chi connectivity index (χ3n) is 3.67. The van der Waals surface area contributed by atoms with Crippen molar-refractivity contribution in [3.05, 3.63) is 34.0 Å². The topological polar surface area (TPSA) is 58.9 Å². The van der Waals surface area contributed by atoms with Gasteiger partial charge in [-0.3, -0.25) is 4.79 Å². The normalized spacial score (nSPS) is 18.6. The molecule has 1 aliphatic carbocycles. The van der Waals surface area contributed by atoms with Gasteiger partial charge in [-0.2, -0.15) is 0 Å². The first-order valence-electron chi connectivity index (χ1n) is 5.98. The lowest BCUT2D eigenvalue weighted by Gasteiger charge is -2.19. The molecule has 19 heavy (non-hydrogen) atoms. The summed E-state index contributed by atoms with van der Waals surface area (Å²) >= 11 is 5.60. The molecular weight excluding hydrogens is 274 g/mol. The average molecular weight is 285 g/mol. The van der Waals surface area contributed by atoms with Gasteiger partial charge in [0.05, 0.1) is 11.4 Å². The number of aromatic amines is 1. The van der Waals surface area contributed by atoms with Crippen LogP contribution in [0.2, 0.25) is 5.02 Å². The molecule has 0 spiro atoms. The summed E-state index contributed by atoms with van der Waals surface area (Å²) < 4.78 is 27.5. The van der Waals surface area contributed by atoms with Crippen LogP contribution in [0.25, 0.3) is 10.9 Å². The van der Waals surface area contributed by atoms with Crippen molar-refractivity contribution in [3.8, 4) is 0 Å². The zero-order chi connectivity index (χ0) is 13.7. The maximum atomic E-state index is 14.1. The molecule has 1 atom stereocenters. The number of primary amides is 1. The number of carbonyl (C=O) groups is 1. The van der Waals surface area contributed by atoms with E-state index in [0.29, 0.717) is 29.6 Å². The third-order valence-corrected chi connectivity index (χ3v) is 4.02. The Balaban J connectivity index is 2.34. The van der Waals surface area contributed by atoms with Crippen LogP contribution in [0.3, 0.4) is 0 Å². The van der Waals surface area contributed by atoms with E-state index >= 15 is 0 Å². The van der Waals surface area contributed by atoms with Crippen LogP contribution < -0.4 is 5.73 Å². The number of hydrogen-bond acceptors (Lipinski definition) is 1. The van der Waals surface area contributed by atoms with E-state index in [-0.39, 0.29) is 5.39 Å². The summed E-state index contributed by atoms with van der Waals surface area (Å²) in [6, 6.07) is 1.15. The molecule has 0 saturated heterocycles. The number of carbonyl (C=O) groups excluding carboxylic acids is 1. The molecule has 0 radical (unpaired) electrons. The molecular formula is C13H11ClF2N2O. The minimum atomic E-state index is -0.819. The molecule has 0 saturated carbocycles. The summed E-state index contributed by atoms with van der Waals surface area (Å²) in [6.45, 7) is 0. The number of rotatable bonds is 1. The second kappa shape index (κ2) is 4.20. The number of fused-ring (bicyclic) bond motifs is 3. The predicted octanol–water partition coefficient (Wildman–Crippen LogP) is 3.00. The van der Waals surface area contributed by atoms with Gasteiger partial charge >= 0.3 is 0 Å². The first kappa shape index (κ1) is 12.4. The molecule has 3 N–H and O–H groups in total. The number of aryl methyl sites for hydroxylation is 1. The fourth-order valence-corrected chi connectivity index (χ4v) is 2.96. The van der Waals surface area contributed by atoms with Gasteiger partial charge in [-0.15, -0.1) is 0 Å². The zero-order valence-corrected chi connectivity index (χ0v) is 10.7. The monoisotopic (exact) mass is 284 g/mol. The number of hydrogen-bond donors (Lipinski definition) is 2. The summed E-state index contributed by atoms with van der Waals surface area (Å²) in [5.74, 6) is -2.53. The van der Waals surface area contributed by atoms with Gasteiger partial charge in [-0.25, -0.2) is 8.78 Å². The highest BCUT2D eigenvalue weighted by atomic mass is 35.5. The minimum absolute atomic E-state index is 0.271. The fourth-order valence-electron chi connectivity index (χ4n) is 2.81. The third kappa shape index (κ3) is 1.72. The number of benzene rings is 1. The molecule has 1 aromatic carbocycles. The maximum absolute atomic E-state index is 14.1. The number of nitrogens with two attached hydrogens (primary N) is 1. The van der Waals surface area contributed by atoms with Gasteiger partial charge in [0.1, 0.15) is 10.8 Å². The van der Waals surface area contributed by atoms with Crippen LogP contribution in [0.5, 0.6) is 0 Å². The molecule has 0 fully saturated rings. The maximum Gasteiger partial charge on any atom is 0.226 e. The van der Waals surface area contributed by atoms with E-state index in [0.717, 1.165) is 12.5 Å². The summed E-state index contributed by atoms with van der Waals surface area (Å²) in [6.07, 6.45) is 1.98. The van der Waals surface area contributed by atoms with E-state index in [2.05, 4.69) is 4.98 Å². The average Bonchev–Trinajstić information content (AvgIpc) is 2.73. The molecule has 0 bridgehead atoms. The van der Waals surface area contributed by atoms with Crippen LogP contribution in [-0.4, -0.2) is 10.9 Å². The Hall–Kier alpha value is -1.62.